The minimum absolute atomic E-state index is 0.0242. The van der Waals surface area contributed by atoms with E-state index in [1.165, 1.54) is 23.5 Å². The molecule has 2 N–H and O–H groups in total. The van der Waals surface area contributed by atoms with Gasteiger partial charge in [0.15, 0.2) is 5.13 Å². The molecule has 4 nitrogen and oxygen atoms in total. The number of halogens is 1. The van der Waals surface area contributed by atoms with E-state index in [2.05, 4.69) is 15.6 Å². The lowest BCUT2D eigenvalue weighted by molar-refractivity contribution is -0.118. The molecule has 0 radical (unpaired) electrons. The van der Waals surface area contributed by atoms with Crippen molar-refractivity contribution in [3.05, 3.63) is 59.7 Å². The van der Waals surface area contributed by atoms with Crippen molar-refractivity contribution in [1.82, 2.24) is 4.98 Å². The van der Waals surface area contributed by atoms with Crippen molar-refractivity contribution >= 4 is 33.8 Å². The Labute approximate surface area is 149 Å². The van der Waals surface area contributed by atoms with Crippen LogP contribution in [0.1, 0.15) is 13.8 Å². The molecular weight excluding hydrogens is 337 g/mol. The van der Waals surface area contributed by atoms with Gasteiger partial charge in [0.25, 0.3) is 0 Å². The topological polar surface area (TPSA) is 54.0 Å². The fourth-order valence-electron chi connectivity index (χ4n) is 2.20. The van der Waals surface area contributed by atoms with Gasteiger partial charge in [-0.1, -0.05) is 32.0 Å². The van der Waals surface area contributed by atoms with Crippen LogP contribution in [-0.4, -0.2) is 10.9 Å². The van der Waals surface area contributed by atoms with Crippen molar-refractivity contribution in [3.8, 4) is 11.3 Å². The quantitative estimate of drug-likeness (QED) is 0.654. The Hall–Kier alpha value is -2.73. The third-order valence-electron chi connectivity index (χ3n) is 3.53. The average Bonchev–Trinajstić information content (AvgIpc) is 3.03. The molecule has 6 heteroatoms. The molecule has 0 unspecified atom stereocenters. The van der Waals surface area contributed by atoms with Crippen molar-refractivity contribution < 1.29 is 9.18 Å². The number of carbonyl (C=O) groups is 1. The third-order valence-corrected chi connectivity index (χ3v) is 4.29. The van der Waals surface area contributed by atoms with Gasteiger partial charge in [0.1, 0.15) is 5.82 Å². The Morgan fingerprint density at radius 2 is 1.88 bits per heavy atom. The van der Waals surface area contributed by atoms with Crippen LogP contribution in [0.4, 0.5) is 20.9 Å². The van der Waals surface area contributed by atoms with Gasteiger partial charge in [0.2, 0.25) is 5.91 Å². The second kappa shape index (κ2) is 7.44. The molecule has 1 amide bonds. The molecule has 1 aromatic heterocycles. The Kier molecular flexibility index (Phi) is 5.09. The summed E-state index contributed by atoms with van der Waals surface area (Å²) < 4.78 is 13.3. The predicted molar refractivity (Wildman–Crippen MR) is 101 cm³/mol. The lowest BCUT2D eigenvalue weighted by atomic mass is 10.1. The first-order chi connectivity index (χ1) is 12.0. The van der Waals surface area contributed by atoms with Gasteiger partial charge in [0, 0.05) is 28.2 Å². The highest BCUT2D eigenvalue weighted by atomic mass is 32.1. The van der Waals surface area contributed by atoms with Gasteiger partial charge in [-0.3, -0.25) is 4.79 Å². The van der Waals surface area contributed by atoms with E-state index >= 15 is 0 Å². The molecule has 0 aliphatic carbocycles. The zero-order valence-corrected chi connectivity index (χ0v) is 14.7. The Bertz CT molecular complexity index is 892. The van der Waals surface area contributed by atoms with Gasteiger partial charge in [-0.25, -0.2) is 9.37 Å². The van der Waals surface area contributed by atoms with E-state index in [1.54, 1.807) is 12.1 Å². The van der Waals surface area contributed by atoms with Crippen LogP contribution in [-0.2, 0) is 4.79 Å². The van der Waals surface area contributed by atoms with E-state index in [-0.39, 0.29) is 17.6 Å². The molecule has 2 aromatic carbocycles. The Morgan fingerprint density at radius 3 is 2.64 bits per heavy atom. The SMILES string of the molecule is CC(C)C(=O)Nc1cccc(-c2csc(Nc3cccc(F)c3)n2)c1. The molecule has 0 fully saturated rings. The highest BCUT2D eigenvalue weighted by Crippen LogP contribution is 2.28. The number of aromatic nitrogens is 1. The maximum atomic E-state index is 13.3. The fourth-order valence-corrected chi connectivity index (χ4v) is 2.94. The molecule has 0 atom stereocenters. The first-order valence-corrected chi connectivity index (χ1v) is 8.78. The van der Waals surface area contributed by atoms with Crippen LogP contribution in [0.15, 0.2) is 53.9 Å². The van der Waals surface area contributed by atoms with Gasteiger partial charge in [-0.05, 0) is 30.3 Å². The smallest absolute Gasteiger partial charge is 0.226 e. The number of anilines is 3. The summed E-state index contributed by atoms with van der Waals surface area (Å²) >= 11 is 1.44. The van der Waals surface area contributed by atoms with Crippen LogP contribution >= 0.6 is 11.3 Å². The van der Waals surface area contributed by atoms with Crippen molar-refractivity contribution in [1.29, 1.82) is 0 Å². The number of nitrogens with zero attached hydrogens (tertiary/aromatic N) is 1. The highest BCUT2D eigenvalue weighted by Gasteiger charge is 2.09. The molecule has 3 aromatic rings. The second-order valence-electron chi connectivity index (χ2n) is 5.90. The molecule has 3 rings (SSSR count). The minimum atomic E-state index is -0.296. The zero-order chi connectivity index (χ0) is 17.8. The largest absolute Gasteiger partial charge is 0.331 e. The number of carbonyl (C=O) groups excluding carboxylic acids is 1. The van der Waals surface area contributed by atoms with Gasteiger partial charge in [-0.15, -0.1) is 11.3 Å². The van der Waals surface area contributed by atoms with E-state index in [9.17, 15) is 9.18 Å². The van der Waals surface area contributed by atoms with Crippen LogP contribution in [0.5, 0.6) is 0 Å². The molecule has 0 aliphatic rings. The van der Waals surface area contributed by atoms with Gasteiger partial charge in [-0.2, -0.15) is 0 Å². The Balaban J connectivity index is 1.77. The maximum Gasteiger partial charge on any atom is 0.226 e. The minimum Gasteiger partial charge on any atom is -0.331 e. The molecule has 25 heavy (non-hydrogen) atoms. The summed E-state index contributed by atoms with van der Waals surface area (Å²) in [4.78, 5) is 16.4. The third kappa shape index (κ3) is 4.42. The monoisotopic (exact) mass is 355 g/mol. The molecule has 128 valence electrons. The predicted octanol–water partition coefficient (Wildman–Crippen LogP) is 5.29. The zero-order valence-electron chi connectivity index (χ0n) is 13.9. The molecule has 0 aliphatic heterocycles. The molecule has 1 heterocycles. The van der Waals surface area contributed by atoms with Gasteiger partial charge >= 0.3 is 0 Å². The first-order valence-electron chi connectivity index (χ1n) is 7.90. The first kappa shape index (κ1) is 17.1. The summed E-state index contributed by atoms with van der Waals surface area (Å²) in [6.07, 6.45) is 0. The van der Waals surface area contributed by atoms with Crippen molar-refractivity contribution in [2.75, 3.05) is 10.6 Å². The maximum absolute atomic E-state index is 13.3. The fraction of sp³-hybridized carbons (Fsp3) is 0.158. The van der Waals surface area contributed by atoms with Crippen LogP contribution in [0, 0.1) is 11.7 Å². The number of hydrogen-bond acceptors (Lipinski definition) is 4. The normalized spacial score (nSPS) is 10.7. The Morgan fingerprint density at radius 1 is 1.12 bits per heavy atom. The molecule has 0 saturated carbocycles. The molecule has 0 spiro atoms. The van der Waals surface area contributed by atoms with Crippen LogP contribution in [0.25, 0.3) is 11.3 Å². The van der Waals surface area contributed by atoms with E-state index in [0.29, 0.717) is 10.8 Å². The van der Waals surface area contributed by atoms with Crippen molar-refractivity contribution in [3.63, 3.8) is 0 Å². The molecule has 0 saturated heterocycles. The van der Waals surface area contributed by atoms with E-state index in [0.717, 1.165) is 16.9 Å². The average molecular weight is 355 g/mol. The standard InChI is InChI=1S/C19H18FN3OS/c1-12(2)18(24)21-15-7-3-5-13(9-15)17-11-25-19(23-17)22-16-8-4-6-14(20)10-16/h3-12H,1-2H3,(H,21,24)(H,22,23). The van der Waals surface area contributed by atoms with E-state index in [1.807, 2.05) is 43.5 Å². The summed E-state index contributed by atoms with van der Waals surface area (Å²) in [7, 11) is 0. The number of thiazole rings is 1. The summed E-state index contributed by atoms with van der Waals surface area (Å²) in [5.41, 5.74) is 3.09. The van der Waals surface area contributed by atoms with Crippen LogP contribution in [0.3, 0.4) is 0 Å². The van der Waals surface area contributed by atoms with Crippen LogP contribution in [0.2, 0.25) is 0 Å². The van der Waals surface area contributed by atoms with Crippen molar-refractivity contribution in [2.24, 2.45) is 5.92 Å². The number of hydrogen-bond donors (Lipinski definition) is 2. The molecular formula is C19H18FN3OS. The van der Waals surface area contributed by atoms with Gasteiger partial charge < -0.3 is 10.6 Å². The summed E-state index contributed by atoms with van der Waals surface area (Å²) in [6, 6.07) is 13.8. The number of rotatable bonds is 5. The van der Waals surface area contributed by atoms with Crippen molar-refractivity contribution in [2.45, 2.75) is 13.8 Å². The number of amides is 1. The second-order valence-corrected chi connectivity index (χ2v) is 6.76. The summed E-state index contributed by atoms with van der Waals surface area (Å²) in [5, 5.41) is 8.58. The number of nitrogens with one attached hydrogen (secondary N) is 2. The molecule has 0 bridgehead atoms. The summed E-state index contributed by atoms with van der Waals surface area (Å²) in [5.74, 6) is -0.399. The van der Waals surface area contributed by atoms with E-state index < -0.39 is 0 Å². The lowest BCUT2D eigenvalue weighted by Gasteiger charge is -2.08. The summed E-state index contributed by atoms with van der Waals surface area (Å²) in [6.45, 7) is 3.70. The van der Waals surface area contributed by atoms with Gasteiger partial charge in [0.05, 0.1) is 5.69 Å². The van der Waals surface area contributed by atoms with E-state index in [4.69, 9.17) is 0 Å². The highest BCUT2D eigenvalue weighted by molar-refractivity contribution is 7.14. The number of benzene rings is 2. The lowest BCUT2D eigenvalue weighted by Crippen LogP contribution is -2.17. The van der Waals surface area contributed by atoms with Crippen LogP contribution < -0.4 is 10.6 Å².